The lowest BCUT2D eigenvalue weighted by atomic mass is 9.66. The molecule has 0 aromatic carbocycles. The summed E-state index contributed by atoms with van der Waals surface area (Å²) in [6.45, 7) is 9.48. The second kappa shape index (κ2) is 10.8. The molecule has 4 heteroatoms. The van der Waals surface area contributed by atoms with Crippen molar-refractivity contribution in [3.05, 3.63) is 30.8 Å². The number of hydrogen-bond donors (Lipinski definition) is 0. The second-order valence-electron chi connectivity index (χ2n) is 8.91. The SMILES string of the molecule is CCCC[C@@H](CC)CC1(C[C@@H](CC)CCCC)c2cc(Br)sc2-c2sc(Br)cc21. The van der Waals surface area contributed by atoms with Crippen molar-refractivity contribution in [1.82, 2.24) is 0 Å². The number of fused-ring (bicyclic) bond motifs is 3. The van der Waals surface area contributed by atoms with Crippen molar-refractivity contribution in [2.75, 3.05) is 0 Å². The number of rotatable bonds is 12. The fourth-order valence-electron chi connectivity index (χ4n) is 5.31. The standard InChI is InChI=1S/C25H36Br2S2/c1-5-9-11-17(7-3)15-25(16-18(8-4)12-10-6-2)19-13-21(26)28-23(19)24-20(25)14-22(27)29-24/h13-14,17-18H,5-12,15-16H2,1-4H3/t17-,18+. The first-order chi connectivity index (χ1) is 14.0. The van der Waals surface area contributed by atoms with Gasteiger partial charge in [0.05, 0.1) is 7.57 Å². The van der Waals surface area contributed by atoms with Crippen molar-refractivity contribution in [1.29, 1.82) is 0 Å². The number of unbranched alkanes of at least 4 members (excludes halogenated alkanes) is 2. The van der Waals surface area contributed by atoms with Crippen molar-refractivity contribution >= 4 is 54.5 Å². The van der Waals surface area contributed by atoms with Crippen LogP contribution in [0, 0.1) is 11.8 Å². The highest BCUT2D eigenvalue weighted by Crippen LogP contribution is 2.62. The van der Waals surface area contributed by atoms with Crippen LogP contribution in [0.15, 0.2) is 19.7 Å². The molecule has 0 unspecified atom stereocenters. The number of thiophene rings is 2. The summed E-state index contributed by atoms with van der Waals surface area (Å²) in [5.41, 5.74) is 3.47. The zero-order valence-corrected chi connectivity index (χ0v) is 23.3. The zero-order chi connectivity index (χ0) is 21.0. The molecule has 1 aliphatic rings. The van der Waals surface area contributed by atoms with Gasteiger partial charge in [-0.25, -0.2) is 0 Å². The lowest BCUT2D eigenvalue weighted by Gasteiger charge is -2.37. The molecule has 29 heavy (non-hydrogen) atoms. The molecule has 0 bridgehead atoms. The van der Waals surface area contributed by atoms with Gasteiger partial charge in [0.25, 0.3) is 0 Å². The summed E-state index contributed by atoms with van der Waals surface area (Å²) in [6, 6.07) is 4.94. The van der Waals surface area contributed by atoms with Crippen molar-refractivity contribution in [3.63, 3.8) is 0 Å². The summed E-state index contributed by atoms with van der Waals surface area (Å²) in [6.07, 6.45) is 13.3. The van der Waals surface area contributed by atoms with Crippen molar-refractivity contribution in [2.24, 2.45) is 11.8 Å². The zero-order valence-electron chi connectivity index (χ0n) is 18.5. The van der Waals surface area contributed by atoms with E-state index in [2.05, 4.69) is 71.7 Å². The monoisotopic (exact) mass is 558 g/mol. The molecular weight excluding hydrogens is 524 g/mol. The van der Waals surface area contributed by atoms with Gasteiger partial charge < -0.3 is 0 Å². The molecule has 2 aromatic rings. The van der Waals surface area contributed by atoms with Gasteiger partial charge in [-0.1, -0.05) is 79.1 Å². The first kappa shape index (κ1) is 24.0. The molecule has 2 aromatic heterocycles. The van der Waals surface area contributed by atoms with Gasteiger partial charge in [0, 0.05) is 15.2 Å². The van der Waals surface area contributed by atoms with Crippen LogP contribution in [0.4, 0.5) is 0 Å². The summed E-state index contributed by atoms with van der Waals surface area (Å²) in [4.78, 5) is 3.08. The molecule has 162 valence electrons. The third-order valence-corrected chi connectivity index (χ3v) is 10.4. The quantitative estimate of drug-likeness (QED) is 0.242. The first-order valence-electron chi connectivity index (χ1n) is 11.6. The maximum Gasteiger partial charge on any atom is 0.0708 e. The highest BCUT2D eigenvalue weighted by Gasteiger charge is 2.47. The van der Waals surface area contributed by atoms with Crippen LogP contribution in [0.5, 0.6) is 0 Å². The Kier molecular flexibility index (Phi) is 8.93. The largest absolute Gasteiger partial charge is 0.127 e. The third-order valence-electron chi connectivity index (χ3n) is 7.00. The molecule has 2 atom stereocenters. The van der Waals surface area contributed by atoms with Gasteiger partial charge >= 0.3 is 0 Å². The van der Waals surface area contributed by atoms with Crippen LogP contribution in [0.1, 0.15) is 103 Å². The van der Waals surface area contributed by atoms with Crippen LogP contribution < -0.4 is 0 Å². The number of halogens is 2. The summed E-state index contributed by atoms with van der Waals surface area (Å²) < 4.78 is 2.59. The van der Waals surface area contributed by atoms with E-state index in [1.54, 1.807) is 20.9 Å². The summed E-state index contributed by atoms with van der Waals surface area (Å²) in [7, 11) is 0. The Balaban J connectivity index is 2.06. The Bertz CT molecular complexity index is 723. The Morgan fingerprint density at radius 2 is 1.17 bits per heavy atom. The lowest BCUT2D eigenvalue weighted by Crippen LogP contribution is -2.31. The lowest BCUT2D eigenvalue weighted by molar-refractivity contribution is 0.266. The van der Waals surface area contributed by atoms with Crippen LogP contribution in [-0.4, -0.2) is 0 Å². The average Bonchev–Trinajstić information content (AvgIpc) is 3.34. The van der Waals surface area contributed by atoms with E-state index in [4.69, 9.17) is 0 Å². The van der Waals surface area contributed by atoms with E-state index in [9.17, 15) is 0 Å². The minimum absolute atomic E-state index is 0.207. The Labute approximate surface area is 203 Å². The number of hydrogen-bond acceptors (Lipinski definition) is 2. The van der Waals surface area contributed by atoms with Gasteiger partial charge in [0.15, 0.2) is 0 Å². The second-order valence-corrected chi connectivity index (χ2v) is 13.8. The normalized spacial score (nSPS) is 16.6. The van der Waals surface area contributed by atoms with Crippen LogP contribution in [-0.2, 0) is 5.41 Å². The van der Waals surface area contributed by atoms with Gasteiger partial charge in [-0.15, -0.1) is 22.7 Å². The molecule has 0 N–H and O–H groups in total. The van der Waals surface area contributed by atoms with Crippen molar-refractivity contribution in [2.45, 2.75) is 97.3 Å². The molecule has 0 amide bonds. The molecule has 1 aliphatic carbocycles. The molecule has 0 fully saturated rings. The van der Waals surface area contributed by atoms with Gasteiger partial charge in [0.1, 0.15) is 0 Å². The molecule has 3 rings (SSSR count). The predicted molar refractivity (Wildman–Crippen MR) is 140 cm³/mol. The molecular formula is C25H36Br2S2. The third kappa shape index (κ3) is 5.07. The van der Waals surface area contributed by atoms with E-state index in [0.717, 1.165) is 11.8 Å². The fourth-order valence-corrected chi connectivity index (χ4v) is 8.87. The Morgan fingerprint density at radius 3 is 1.52 bits per heavy atom. The smallest absolute Gasteiger partial charge is 0.0708 e. The van der Waals surface area contributed by atoms with Crippen LogP contribution >= 0.6 is 54.5 Å². The summed E-state index contributed by atoms with van der Waals surface area (Å²) in [5, 5.41) is 0. The molecule has 0 nitrogen and oxygen atoms in total. The van der Waals surface area contributed by atoms with Crippen molar-refractivity contribution in [3.8, 4) is 9.75 Å². The molecule has 0 aliphatic heterocycles. The Morgan fingerprint density at radius 1 is 0.759 bits per heavy atom. The van der Waals surface area contributed by atoms with E-state index in [1.165, 1.54) is 71.8 Å². The molecule has 0 radical (unpaired) electrons. The van der Waals surface area contributed by atoms with Crippen LogP contribution in [0.2, 0.25) is 0 Å². The maximum absolute atomic E-state index is 3.83. The van der Waals surface area contributed by atoms with Crippen LogP contribution in [0.25, 0.3) is 9.75 Å². The van der Waals surface area contributed by atoms with Gasteiger partial charge in [0.2, 0.25) is 0 Å². The van der Waals surface area contributed by atoms with Gasteiger partial charge in [-0.2, -0.15) is 0 Å². The molecule has 0 spiro atoms. The average molecular weight is 561 g/mol. The highest BCUT2D eigenvalue weighted by molar-refractivity contribution is 9.11. The fraction of sp³-hybridized carbons (Fsp3) is 0.680. The minimum atomic E-state index is 0.207. The van der Waals surface area contributed by atoms with E-state index in [1.807, 2.05) is 22.7 Å². The molecule has 0 saturated carbocycles. The van der Waals surface area contributed by atoms with Crippen LogP contribution in [0.3, 0.4) is 0 Å². The first-order valence-corrected chi connectivity index (χ1v) is 14.8. The highest BCUT2D eigenvalue weighted by atomic mass is 79.9. The summed E-state index contributed by atoms with van der Waals surface area (Å²) >= 11 is 11.6. The van der Waals surface area contributed by atoms with Gasteiger partial charge in [-0.3, -0.25) is 0 Å². The Hall–Kier alpha value is 0.360. The van der Waals surface area contributed by atoms with E-state index in [0.29, 0.717) is 0 Å². The molecule has 0 saturated heterocycles. The van der Waals surface area contributed by atoms with Gasteiger partial charge in [-0.05, 0) is 79.8 Å². The van der Waals surface area contributed by atoms with E-state index in [-0.39, 0.29) is 5.41 Å². The predicted octanol–water partition coefficient (Wildman–Crippen LogP) is 10.8. The molecule has 2 heterocycles. The summed E-state index contributed by atoms with van der Waals surface area (Å²) in [5.74, 6) is 1.63. The van der Waals surface area contributed by atoms with Crippen molar-refractivity contribution < 1.29 is 0 Å². The van der Waals surface area contributed by atoms with E-state index < -0.39 is 0 Å². The minimum Gasteiger partial charge on any atom is -0.127 e. The topological polar surface area (TPSA) is 0 Å². The van der Waals surface area contributed by atoms with E-state index >= 15 is 0 Å². The maximum atomic E-state index is 3.83.